The molecule has 114 valence electrons. The highest BCUT2D eigenvalue weighted by Gasteiger charge is 2.43. The SMILES string of the molecule is CC(=O)Nc1c(C)ccc2c1C(C)CC21CCCCCC1. The molecule has 0 bridgehead atoms. The number of carbonyl (C=O) groups is 1. The van der Waals surface area contributed by atoms with Gasteiger partial charge in [0.15, 0.2) is 0 Å². The predicted molar refractivity (Wildman–Crippen MR) is 87.9 cm³/mol. The Kier molecular flexibility index (Phi) is 3.81. The molecule has 1 amide bonds. The van der Waals surface area contributed by atoms with Gasteiger partial charge in [0.1, 0.15) is 0 Å². The second-order valence-corrected chi connectivity index (χ2v) is 7.20. The molecule has 1 fully saturated rings. The lowest BCUT2D eigenvalue weighted by molar-refractivity contribution is -0.114. The van der Waals surface area contributed by atoms with Gasteiger partial charge >= 0.3 is 0 Å². The molecule has 1 unspecified atom stereocenters. The third kappa shape index (κ3) is 2.49. The van der Waals surface area contributed by atoms with E-state index in [2.05, 4.69) is 31.3 Å². The summed E-state index contributed by atoms with van der Waals surface area (Å²) in [7, 11) is 0. The fourth-order valence-corrected chi connectivity index (χ4v) is 4.72. The Morgan fingerprint density at radius 3 is 2.48 bits per heavy atom. The van der Waals surface area contributed by atoms with Crippen LogP contribution >= 0.6 is 0 Å². The quantitative estimate of drug-likeness (QED) is 0.768. The summed E-state index contributed by atoms with van der Waals surface area (Å²) in [5.41, 5.74) is 5.63. The van der Waals surface area contributed by atoms with Crippen molar-refractivity contribution in [3.63, 3.8) is 0 Å². The van der Waals surface area contributed by atoms with Crippen LogP contribution < -0.4 is 5.32 Å². The van der Waals surface area contributed by atoms with Crippen molar-refractivity contribution in [2.24, 2.45) is 0 Å². The van der Waals surface area contributed by atoms with Gasteiger partial charge in [0.25, 0.3) is 0 Å². The van der Waals surface area contributed by atoms with E-state index < -0.39 is 0 Å². The van der Waals surface area contributed by atoms with Crippen LogP contribution in [0.2, 0.25) is 0 Å². The van der Waals surface area contributed by atoms with Gasteiger partial charge < -0.3 is 5.32 Å². The Morgan fingerprint density at radius 1 is 1.19 bits per heavy atom. The summed E-state index contributed by atoms with van der Waals surface area (Å²) in [4.78, 5) is 11.6. The minimum atomic E-state index is 0.0421. The third-order valence-corrected chi connectivity index (χ3v) is 5.58. The Balaban J connectivity index is 2.09. The fraction of sp³-hybridized carbons (Fsp3) is 0.632. The molecule has 1 atom stereocenters. The molecule has 2 aliphatic rings. The van der Waals surface area contributed by atoms with Crippen LogP contribution in [0.1, 0.15) is 81.4 Å². The number of aryl methyl sites for hydroxylation is 1. The minimum Gasteiger partial charge on any atom is -0.326 e. The molecule has 21 heavy (non-hydrogen) atoms. The van der Waals surface area contributed by atoms with Gasteiger partial charge in [-0.05, 0) is 54.2 Å². The van der Waals surface area contributed by atoms with E-state index in [0.29, 0.717) is 11.3 Å². The highest BCUT2D eigenvalue weighted by atomic mass is 16.1. The molecule has 1 N–H and O–H groups in total. The maximum absolute atomic E-state index is 11.6. The van der Waals surface area contributed by atoms with Crippen LogP contribution in [0.5, 0.6) is 0 Å². The van der Waals surface area contributed by atoms with Crippen molar-refractivity contribution in [1.29, 1.82) is 0 Å². The monoisotopic (exact) mass is 285 g/mol. The van der Waals surface area contributed by atoms with Gasteiger partial charge in [-0.25, -0.2) is 0 Å². The number of hydrogen-bond donors (Lipinski definition) is 1. The lowest BCUT2D eigenvalue weighted by atomic mass is 9.75. The Bertz CT molecular complexity index is 553. The van der Waals surface area contributed by atoms with Crippen molar-refractivity contribution in [2.75, 3.05) is 5.32 Å². The summed E-state index contributed by atoms with van der Waals surface area (Å²) in [5, 5.41) is 3.10. The van der Waals surface area contributed by atoms with Gasteiger partial charge in [-0.15, -0.1) is 0 Å². The summed E-state index contributed by atoms with van der Waals surface area (Å²) >= 11 is 0. The first kappa shape index (κ1) is 14.6. The second-order valence-electron chi connectivity index (χ2n) is 7.20. The molecule has 2 heteroatoms. The maximum atomic E-state index is 11.6. The van der Waals surface area contributed by atoms with E-state index in [1.807, 2.05) is 0 Å². The first-order chi connectivity index (χ1) is 10.0. The van der Waals surface area contributed by atoms with Gasteiger partial charge in [0.2, 0.25) is 5.91 Å². The molecule has 1 aromatic carbocycles. The van der Waals surface area contributed by atoms with Crippen LogP contribution in [0.4, 0.5) is 5.69 Å². The zero-order valence-corrected chi connectivity index (χ0v) is 13.6. The van der Waals surface area contributed by atoms with E-state index >= 15 is 0 Å². The number of nitrogens with one attached hydrogen (secondary N) is 1. The van der Waals surface area contributed by atoms with E-state index in [4.69, 9.17) is 0 Å². The van der Waals surface area contributed by atoms with Crippen molar-refractivity contribution in [1.82, 2.24) is 0 Å². The summed E-state index contributed by atoms with van der Waals surface area (Å²) < 4.78 is 0. The van der Waals surface area contributed by atoms with Gasteiger partial charge in [-0.1, -0.05) is 44.7 Å². The van der Waals surface area contributed by atoms with Crippen molar-refractivity contribution < 1.29 is 4.79 Å². The standard InChI is InChI=1S/C19H27NO/c1-13-8-9-16-17(18(13)20-15(3)21)14(2)12-19(16)10-6-4-5-7-11-19/h8-9,14H,4-7,10-12H2,1-3H3,(H,20,21). The second kappa shape index (κ2) is 5.47. The number of rotatable bonds is 1. The maximum Gasteiger partial charge on any atom is 0.221 e. The smallest absolute Gasteiger partial charge is 0.221 e. The fourth-order valence-electron chi connectivity index (χ4n) is 4.72. The van der Waals surface area contributed by atoms with Crippen molar-refractivity contribution in [2.45, 2.75) is 77.0 Å². The molecule has 0 aliphatic heterocycles. The summed E-state index contributed by atoms with van der Waals surface area (Å²) in [6.45, 7) is 6.06. The van der Waals surface area contributed by atoms with E-state index in [-0.39, 0.29) is 5.91 Å². The number of benzene rings is 1. The highest BCUT2D eigenvalue weighted by Crippen LogP contribution is 2.55. The minimum absolute atomic E-state index is 0.0421. The van der Waals surface area contributed by atoms with E-state index in [1.165, 1.54) is 61.6 Å². The van der Waals surface area contributed by atoms with Crippen LogP contribution in [0.25, 0.3) is 0 Å². The largest absolute Gasteiger partial charge is 0.326 e. The molecule has 0 aromatic heterocycles. The predicted octanol–water partition coefficient (Wildman–Crippen LogP) is 5.05. The lowest BCUT2D eigenvalue weighted by Crippen LogP contribution is -2.22. The van der Waals surface area contributed by atoms with Crippen LogP contribution in [0.3, 0.4) is 0 Å². The Labute approximate surface area is 128 Å². The lowest BCUT2D eigenvalue weighted by Gasteiger charge is -2.29. The summed E-state index contributed by atoms with van der Waals surface area (Å²) in [5.74, 6) is 0.598. The first-order valence-electron chi connectivity index (χ1n) is 8.45. The molecular weight excluding hydrogens is 258 g/mol. The molecule has 1 spiro atoms. The molecule has 0 saturated heterocycles. The average molecular weight is 285 g/mol. The topological polar surface area (TPSA) is 29.1 Å². The highest BCUT2D eigenvalue weighted by molar-refractivity contribution is 5.91. The molecule has 3 rings (SSSR count). The van der Waals surface area contributed by atoms with Crippen molar-refractivity contribution in [3.8, 4) is 0 Å². The van der Waals surface area contributed by atoms with Crippen LogP contribution in [0.15, 0.2) is 12.1 Å². The molecular formula is C19H27NO. The van der Waals surface area contributed by atoms with E-state index in [1.54, 1.807) is 6.92 Å². The van der Waals surface area contributed by atoms with Crippen LogP contribution in [0, 0.1) is 6.92 Å². The van der Waals surface area contributed by atoms with E-state index in [0.717, 1.165) is 5.69 Å². The molecule has 0 heterocycles. The van der Waals surface area contributed by atoms with Crippen LogP contribution in [-0.4, -0.2) is 5.91 Å². The number of amides is 1. The number of anilines is 1. The zero-order valence-electron chi connectivity index (χ0n) is 13.6. The molecule has 1 saturated carbocycles. The van der Waals surface area contributed by atoms with Gasteiger partial charge in [-0.3, -0.25) is 4.79 Å². The van der Waals surface area contributed by atoms with Crippen molar-refractivity contribution >= 4 is 11.6 Å². The Morgan fingerprint density at radius 2 is 1.86 bits per heavy atom. The Hall–Kier alpha value is -1.31. The number of hydrogen-bond acceptors (Lipinski definition) is 1. The van der Waals surface area contributed by atoms with Gasteiger partial charge in [0, 0.05) is 12.6 Å². The average Bonchev–Trinajstić information content (AvgIpc) is 2.59. The molecule has 2 nitrogen and oxygen atoms in total. The number of carbonyl (C=O) groups excluding carboxylic acids is 1. The van der Waals surface area contributed by atoms with Crippen LogP contribution in [-0.2, 0) is 10.2 Å². The molecule has 1 aromatic rings. The third-order valence-electron chi connectivity index (χ3n) is 5.58. The summed E-state index contributed by atoms with van der Waals surface area (Å²) in [6, 6.07) is 4.56. The summed E-state index contributed by atoms with van der Waals surface area (Å²) in [6.07, 6.45) is 9.40. The molecule has 2 aliphatic carbocycles. The van der Waals surface area contributed by atoms with Crippen molar-refractivity contribution in [3.05, 3.63) is 28.8 Å². The van der Waals surface area contributed by atoms with E-state index in [9.17, 15) is 4.79 Å². The first-order valence-corrected chi connectivity index (χ1v) is 8.45. The molecule has 0 radical (unpaired) electrons. The number of fused-ring (bicyclic) bond motifs is 2. The van der Waals surface area contributed by atoms with Gasteiger partial charge in [-0.2, -0.15) is 0 Å². The zero-order chi connectivity index (χ0) is 15.0. The van der Waals surface area contributed by atoms with Gasteiger partial charge in [0.05, 0.1) is 0 Å². The normalized spacial score (nSPS) is 23.7.